The molecule has 0 atom stereocenters. The summed E-state index contributed by atoms with van der Waals surface area (Å²) in [5.41, 5.74) is 1.24. The highest BCUT2D eigenvalue weighted by molar-refractivity contribution is 9.10. The molecule has 11 heteroatoms. The fourth-order valence-corrected chi connectivity index (χ4v) is 3.68. The van der Waals surface area contributed by atoms with E-state index in [2.05, 4.69) is 31.4 Å². The summed E-state index contributed by atoms with van der Waals surface area (Å²) in [6.45, 7) is 0.594. The van der Waals surface area contributed by atoms with Crippen molar-refractivity contribution in [2.45, 2.75) is 13.3 Å². The van der Waals surface area contributed by atoms with Gasteiger partial charge in [-0.05, 0) is 51.8 Å². The van der Waals surface area contributed by atoms with E-state index in [1.165, 1.54) is 4.68 Å². The third-order valence-electron chi connectivity index (χ3n) is 4.35. The van der Waals surface area contributed by atoms with Crippen molar-refractivity contribution in [3.8, 4) is 5.75 Å². The SMILES string of the molecule is O=C(Nc1nn(Cc2ccc(Cl)cc2)cc1Br)c1ccn(COc2cccc(Cl)c2Cl)n1. The fraction of sp³-hybridized carbons (Fsp3) is 0.0952. The lowest BCUT2D eigenvalue weighted by Gasteiger charge is -2.08. The second kappa shape index (κ2) is 9.95. The smallest absolute Gasteiger partial charge is 0.277 e. The molecular formula is C21H15BrCl3N5O2. The van der Waals surface area contributed by atoms with Crippen LogP contribution in [0.2, 0.25) is 15.1 Å². The third-order valence-corrected chi connectivity index (χ3v) is 5.98. The Kier molecular flexibility index (Phi) is 7.05. The van der Waals surface area contributed by atoms with Crippen LogP contribution in [0.15, 0.2) is 65.4 Å². The molecule has 7 nitrogen and oxygen atoms in total. The molecule has 0 saturated heterocycles. The number of amides is 1. The van der Waals surface area contributed by atoms with Gasteiger partial charge >= 0.3 is 0 Å². The van der Waals surface area contributed by atoms with Gasteiger partial charge in [0.15, 0.2) is 18.2 Å². The average Bonchev–Trinajstić information content (AvgIpc) is 3.37. The molecule has 1 amide bonds. The van der Waals surface area contributed by atoms with Crippen molar-refractivity contribution in [1.29, 1.82) is 0 Å². The molecule has 164 valence electrons. The third kappa shape index (κ3) is 5.45. The summed E-state index contributed by atoms with van der Waals surface area (Å²) in [4.78, 5) is 12.6. The Hall–Kier alpha value is -2.52. The lowest BCUT2D eigenvalue weighted by atomic mass is 10.2. The normalized spacial score (nSPS) is 10.9. The lowest BCUT2D eigenvalue weighted by Crippen LogP contribution is -2.15. The number of rotatable bonds is 7. The molecule has 1 N–H and O–H groups in total. The van der Waals surface area contributed by atoms with Crippen molar-refractivity contribution >= 4 is 62.5 Å². The van der Waals surface area contributed by atoms with Gasteiger partial charge in [0.1, 0.15) is 10.8 Å². The number of nitrogens with zero attached hydrogens (tertiary/aromatic N) is 4. The molecule has 0 unspecified atom stereocenters. The van der Waals surface area contributed by atoms with Crippen LogP contribution in [0.5, 0.6) is 5.75 Å². The average molecular weight is 556 g/mol. The van der Waals surface area contributed by atoms with Crippen molar-refractivity contribution < 1.29 is 9.53 Å². The molecule has 0 spiro atoms. The molecule has 0 radical (unpaired) electrons. The van der Waals surface area contributed by atoms with Crippen molar-refractivity contribution in [3.63, 3.8) is 0 Å². The first kappa shape index (κ1) is 22.7. The molecule has 32 heavy (non-hydrogen) atoms. The van der Waals surface area contributed by atoms with Crippen molar-refractivity contribution in [2.24, 2.45) is 0 Å². The van der Waals surface area contributed by atoms with Crippen LogP contribution >= 0.6 is 50.7 Å². The highest BCUT2D eigenvalue weighted by Gasteiger charge is 2.15. The fourth-order valence-electron chi connectivity index (χ4n) is 2.80. The summed E-state index contributed by atoms with van der Waals surface area (Å²) in [5, 5.41) is 12.8. The number of carbonyl (C=O) groups excluding carboxylic acids is 1. The second-order valence-corrected chi connectivity index (χ2v) is 8.75. The number of hydrogen-bond acceptors (Lipinski definition) is 4. The summed E-state index contributed by atoms with van der Waals surface area (Å²) in [5.74, 6) is 0.415. The van der Waals surface area contributed by atoms with Gasteiger partial charge < -0.3 is 10.1 Å². The molecule has 2 aromatic heterocycles. The molecule has 0 aliphatic rings. The Bertz CT molecular complexity index is 1260. The van der Waals surface area contributed by atoms with E-state index in [-0.39, 0.29) is 12.4 Å². The first-order chi connectivity index (χ1) is 15.4. The number of carbonyl (C=O) groups is 1. The quantitative estimate of drug-likeness (QED) is 0.297. The van der Waals surface area contributed by atoms with Gasteiger partial charge in [-0.15, -0.1) is 0 Å². The van der Waals surface area contributed by atoms with E-state index in [4.69, 9.17) is 39.5 Å². The summed E-state index contributed by atoms with van der Waals surface area (Å²) in [7, 11) is 0. The van der Waals surface area contributed by atoms with Gasteiger partial charge in [0.2, 0.25) is 0 Å². The maximum absolute atomic E-state index is 12.6. The van der Waals surface area contributed by atoms with Crippen LogP contribution in [0, 0.1) is 0 Å². The molecule has 0 aliphatic carbocycles. The van der Waals surface area contributed by atoms with Gasteiger partial charge in [0, 0.05) is 17.4 Å². The van der Waals surface area contributed by atoms with E-state index < -0.39 is 5.91 Å². The maximum Gasteiger partial charge on any atom is 0.277 e. The minimum atomic E-state index is -0.401. The predicted molar refractivity (Wildman–Crippen MR) is 128 cm³/mol. The highest BCUT2D eigenvalue weighted by atomic mass is 79.9. The Morgan fingerprint density at radius 1 is 1.03 bits per heavy atom. The Labute approximate surface area is 207 Å². The zero-order chi connectivity index (χ0) is 22.7. The molecule has 0 saturated carbocycles. The Balaban J connectivity index is 1.38. The first-order valence-electron chi connectivity index (χ1n) is 9.28. The van der Waals surface area contributed by atoms with Crippen molar-refractivity contribution in [1.82, 2.24) is 19.6 Å². The molecular weight excluding hydrogens is 541 g/mol. The maximum atomic E-state index is 12.6. The van der Waals surface area contributed by atoms with E-state index in [0.717, 1.165) is 5.56 Å². The van der Waals surface area contributed by atoms with Gasteiger partial charge in [-0.25, -0.2) is 4.68 Å². The molecule has 0 fully saturated rings. The van der Waals surface area contributed by atoms with Crippen LogP contribution in [0.25, 0.3) is 0 Å². The number of nitrogens with one attached hydrogen (secondary N) is 1. The number of hydrogen-bond donors (Lipinski definition) is 1. The summed E-state index contributed by atoms with van der Waals surface area (Å²) >= 11 is 21.4. The molecule has 2 aromatic carbocycles. The largest absolute Gasteiger partial charge is 0.470 e. The first-order valence-corrected chi connectivity index (χ1v) is 11.2. The summed E-state index contributed by atoms with van der Waals surface area (Å²) < 4.78 is 9.46. The monoisotopic (exact) mass is 553 g/mol. The number of aromatic nitrogens is 4. The number of ether oxygens (including phenoxy) is 1. The van der Waals surface area contributed by atoms with Gasteiger partial charge in [-0.3, -0.25) is 9.48 Å². The lowest BCUT2D eigenvalue weighted by molar-refractivity contribution is 0.101. The summed E-state index contributed by atoms with van der Waals surface area (Å²) in [6.07, 6.45) is 3.41. The van der Waals surface area contributed by atoms with Gasteiger partial charge in [-0.2, -0.15) is 10.2 Å². The predicted octanol–water partition coefficient (Wildman–Crippen LogP) is 6.14. The molecule has 0 aliphatic heterocycles. The van der Waals surface area contributed by atoms with Crippen LogP contribution in [0.3, 0.4) is 0 Å². The Morgan fingerprint density at radius 2 is 1.81 bits per heavy atom. The van der Waals surface area contributed by atoms with E-state index in [1.807, 2.05) is 24.3 Å². The van der Waals surface area contributed by atoms with Crippen LogP contribution in [-0.2, 0) is 13.3 Å². The molecule has 2 heterocycles. The number of benzene rings is 2. The minimum absolute atomic E-state index is 0.0623. The highest BCUT2D eigenvalue weighted by Crippen LogP contribution is 2.31. The van der Waals surface area contributed by atoms with Crippen molar-refractivity contribution in [2.75, 3.05) is 5.32 Å². The standard InChI is InChI=1S/C21H15BrCl3N5O2/c22-15-11-30(10-13-4-6-14(23)7-5-13)28-20(15)26-21(31)17-8-9-29(27-17)12-32-18-3-1-2-16(24)19(18)25/h1-9,11H,10,12H2,(H,26,28,31). The van der Waals surface area contributed by atoms with E-state index in [0.29, 0.717) is 37.7 Å². The van der Waals surface area contributed by atoms with E-state index >= 15 is 0 Å². The Morgan fingerprint density at radius 3 is 2.59 bits per heavy atom. The van der Waals surface area contributed by atoms with E-state index in [9.17, 15) is 4.79 Å². The number of halogens is 4. The topological polar surface area (TPSA) is 74.0 Å². The van der Waals surface area contributed by atoms with Gasteiger partial charge in [0.25, 0.3) is 5.91 Å². The van der Waals surface area contributed by atoms with Gasteiger partial charge in [0.05, 0.1) is 16.0 Å². The molecule has 0 bridgehead atoms. The van der Waals surface area contributed by atoms with Crippen LogP contribution < -0.4 is 10.1 Å². The summed E-state index contributed by atoms with van der Waals surface area (Å²) in [6, 6.07) is 14.2. The van der Waals surface area contributed by atoms with E-state index in [1.54, 1.807) is 41.3 Å². The molecule has 4 rings (SSSR count). The van der Waals surface area contributed by atoms with Crippen molar-refractivity contribution in [3.05, 3.63) is 91.7 Å². The number of anilines is 1. The minimum Gasteiger partial charge on any atom is -0.470 e. The van der Waals surface area contributed by atoms with Gasteiger partial charge in [-0.1, -0.05) is 53.0 Å². The zero-order valence-corrected chi connectivity index (χ0v) is 20.2. The van der Waals surface area contributed by atoms with Crippen LogP contribution in [0.1, 0.15) is 16.1 Å². The van der Waals surface area contributed by atoms with Crippen LogP contribution in [0.4, 0.5) is 5.82 Å². The second-order valence-electron chi connectivity index (χ2n) is 6.67. The molecule has 4 aromatic rings. The zero-order valence-electron chi connectivity index (χ0n) is 16.3. The van der Waals surface area contributed by atoms with Crippen LogP contribution in [-0.4, -0.2) is 25.5 Å².